The average Bonchev–Trinajstić information content (AvgIpc) is 2.39. The number of pyridine rings is 1. The predicted octanol–water partition coefficient (Wildman–Crippen LogP) is 1.51. The third-order valence-electron chi connectivity index (χ3n) is 3.43. The minimum atomic E-state index is 0.337. The van der Waals surface area contributed by atoms with Crippen molar-refractivity contribution in [1.29, 1.82) is 0 Å². The number of ether oxygens (including phenoxy) is 1. The predicted molar refractivity (Wildman–Crippen MR) is 74.0 cm³/mol. The second-order valence-electron chi connectivity index (χ2n) is 4.87. The molecule has 0 spiro atoms. The second-order valence-corrected chi connectivity index (χ2v) is 4.87. The van der Waals surface area contributed by atoms with Crippen molar-refractivity contribution in [2.45, 2.75) is 32.8 Å². The Labute approximate surface area is 109 Å². The molecule has 1 aromatic heterocycles. The van der Waals surface area contributed by atoms with E-state index >= 15 is 0 Å². The van der Waals surface area contributed by atoms with Crippen LogP contribution in [0.2, 0.25) is 0 Å². The van der Waals surface area contributed by atoms with Gasteiger partial charge in [-0.25, -0.2) is 4.98 Å². The highest BCUT2D eigenvalue weighted by molar-refractivity contribution is 5.47. The minimum Gasteiger partial charge on any atom is -0.375 e. The zero-order valence-electron chi connectivity index (χ0n) is 11.4. The first-order valence-corrected chi connectivity index (χ1v) is 6.76. The van der Waals surface area contributed by atoms with E-state index in [0.717, 1.165) is 38.4 Å². The third kappa shape index (κ3) is 3.00. The maximum atomic E-state index is 5.70. The van der Waals surface area contributed by atoms with Crippen LogP contribution in [0.5, 0.6) is 0 Å². The fourth-order valence-electron chi connectivity index (χ4n) is 2.42. The Morgan fingerprint density at radius 3 is 3.06 bits per heavy atom. The SMILES string of the molecule is CCC1CN(c2ncc(CCN)cc2C)CCO1. The van der Waals surface area contributed by atoms with Crippen molar-refractivity contribution in [3.8, 4) is 0 Å². The fraction of sp³-hybridized carbons (Fsp3) is 0.643. The minimum absolute atomic E-state index is 0.337. The maximum absolute atomic E-state index is 5.70. The first-order valence-electron chi connectivity index (χ1n) is 6.76. The van der Waals surface area contributed by atoms with Crippen molar-refractivity contribution in [2.24, 2.45) is 5.73 Å². The van der Waals surface area contributed by atoms with E-state index in [0.29, 0.717) is 12.6 Å². The second kappa shape index (κ2) is 6.16. The largest absolute Gasteiger partial charge is 0.375 e. The van der Waals surface area contributed by atoms with E-state index < -0.39 is 0 Å². The highest BCUT2D eigenvalue weighted by Crippen LogP contribution is 2.21. The van der Waals surface area contributed by atoms with Crippen molar-refractivity contribution in [3.63, 3.8) is 0 Å². The zero-order valence-corrected chi connectivity index (χ0v) is 11.4. The smallest absolute Gasteiger partial charge is 0.131 e. The van der Waals surface area contributed by atoms with Gasteiger partial charge >= 0.3 is 0 Å². The van der Waals surface area contributed by atoms with Gasteiger partial charge in [-0.3, -0.25) is 0 Å². The molecule has 0 aromatic carbocycles. The van der Waals surface area contributed by atoms with Gasteiger partial charge in [0.2, 0.25) is 0 Å². The molecular weight excluding hydrogens is 226 g/mol. The van der Waals surface area contributed by atoms with Crippen molar-refractivity contribution >= 4 is 5.82 Å². The number of aryl methyl sites for hydroxylation is 1. The van der Waals surface area contributed by atoms with Gasteiger partial charge in [0.1, 0.15) is 5.82 Å². The average molecular weight is 249 g/mol. The van der Waals surface area contributed by atoms with Crippen LogP contribution in [0.4, 0.5) is 5.82 Å². The Morgan fingerprint density at radius 1 is 1.56 bits per heavy atom. The topological polar surface area (TPSA) is 51.4 Å². The van der Waals surface area contributed by atoms with E-state index in [-0.39, 0.29) is 0 Å². The summed E-state index contributed by atoms with van der Waals surface area (Å²) in [5, 5.41) is 0. The number of rotatable bonds is 4. The molecule has 1 unspecified atom stereocenters. The summed E-state index contributed by atoms with van der Waals surface area (Å²) in [7, 11) is 0. The summed E-state index contributed by atoms with van der Waals surface area (Å²) in [6.07, 6.45) is 4.24. The van der Waals surface area contributed by atoms with Crippen molar-refractivity contribution in [3.05, 3.63) is 23.4 Å². The molecule has 1 aliphatic heterocycles. The van der Waals surface area contributed by atoms with E-state index in [1.165, 1.54) is 11.1 Å². The molecule has 2 N–H and O–H groups in total. The number of nitrogens with zero attached hydrogens (tertiary/aromatic N) is 2. The number of morpholine rings is 1. The molecule has 0 radical (unpaired) electrons. The third-order valence-corrected chi connectivity index (χ3v) is 3.43. The van der Waals surface area contributed by atoms with E-state index in [1.807, 2.05) is 6.20 Å². The standard InChI is InChI=1S/C14H23N3O/c1-3-13-10-17(6-7-18-13)14-11(2)8-12(4-5-15)9-16-14/h8-9,13H,3-7,10,15H2,1-2H3. The molecular formula is C14H23N3O. The molecule has 0 bridgehead atoms. The van der Waals surface area contributed by atoms with Crippen LogP contribution in [-0.4, -0.2) is 37.3 Å². The molecule has 18 heavy (non-hydrogen) atoms. The summed E-state index contributed by atoms with van der Waals surface area (Å²) in [6.45, 7) is 7.64. The Bertz CT molecular complexity index is 395. The number of anilines is 1. The first-order chi connectivity index (χ1) is 8.74. The Morgan fingerprint density at radius 2 is 2.39 bits per heavy atom. The lowest BCUT2D eigenvalue weighted by Crippen LogP contribution is -2.42. The van der Waals surface area contributed by atoms with Crippen molar-refractivity contribution < 1.29 is 4.74 Å². The molecule has 1 saturated heterocycles. The van der Waals surface area contributed by atoms with E-state index in [2.05, 4.69) is 29.8 Å². The highest BCUT2D eigenvalue weighted by Gasteiger charge is 2.21. The summed E-state index contributed by atoms with van der Waals surface area (Å²) in [5.41, 5.74) is 8.03. The Kier molecular flexibility index (Phi) is 4.55. The number of aromatic nitrogens is 1. The van der Waals surface area contributed by atoms with Gasteiger partial charge in [-0.15, -0.1) is 0 Å². The monoisotopic (exact) mass is 249 g/mol. The van der Waals surface area contributed by atoms with Gasteiger partial charge in [0.05, 0.1) is 12.7 Å². The summed E-state index contributed by atoms with van der Waals surface area (Å²) in [6, 6.07) is 2.20. The van der Waals surface area contributed by atoms with Crippen LogP contribution in [0.3, 0.4) is 0 Å². The van der Waals surface area contributed by atoms with Gasteiger partial charge in [-0.05, 0) is 37.4 Å². The van der Waals surface area contributed by atoms with E-state index in [4.69, 9.17) is 10.5 Å². The summed E-state index contributed by atoms with van der Waals surface area (Å²) >= 11 is 0. The van der Waals surface area contributed by atoms with Crippen LogP contribution in [0.1, 0.15) is 24.5 Å². The van der Waals surface area contributed by atoms with E-state index in [9.17, 15) is 0 Å². The number of hydrogen-bond donors (Lipinski definition) is 1. The normalized spacial score (nSPS) is 20.2. The van der Waals surface area contributed by atoms with Gasteiger partial charge in [-0.2, -0.15) is 0 Å². The molecule has 4 nitrogen and oxygen atoms in total. The lowest BCUT2D eigenvalue weighted by molar-refractivity contribution is 0.0381. The van der Waals surface area contributed by atoms with Crippen LogP contribution in [0.15, 0.2) is 12.3 Å². The lowest BCUT2D eigenvalue weighted by atomic mass is 10.1. The Balaban J connectivity index is 2.12. The fourth-order valence-corrected chi connectivity index (χ4v) is 2.42. The van der Waals surface area contributed by atoms with Crippen LogP contribution in [-0.2, 0) is 11.2 Å². The van der Waals surface area contributed by atoms with Crippen molar-refractivity contribution in [1.82, 2.24) is 4.98 Å². The van der Waals surface area contributed by atoms with E-state index in [1.54, 1.807) is 0 Å². The molecule has 1 aliphatic rings. The van der Waals surface area contributed by atoms with Gasteiger partial charge < -0.3 is 15.4 Å². The molecule has 1 atom stereocenters. The highest BCUT2D eigenvalue weighted by atomic mass is 16.5. The van der Waals surface area contributed by atoms with Gasteiger partial charge in [0.25, 0.3) is 0 Å². The van der Waals surface area contributed by atoms with Crippen LogP contribution < -0.4 is 10.6 Å². The van der Waals surface area contributed by atoms with Crippen LogP contribution in [0, 0.1) is 6.92 Å². The molecule has 2 heterocycles. The molecule has 1 aromatic rings. The summed E-state index contributed by atoms with van der Waals surface area (Å²) < 4.78 is 5.70. The molecule has 2 rings (SSSR count). The van der Waals surface area contributed by atoms with Crippen LogP contribution >= 0.6 is 0 Å². The molecule has 0 saturated carbocycles. The first kappa shape index (κ1) is 13.3. The van der Waals surface area contributed by atoms with Gasteiger partial charge in [0.15, 0.2) is 0 Å². The Hall–Kier alpha value is -1.13. The molecule has 100 valence electrons. The molecule has 1 fully saturated rings. The quantitative estimate of drug-likeness (QED) is 0.878. The number of hydrogen-bond acceptors (Lipinski definition) is 4. The number of nitrogens with two attached hydrogens (primary N) is 1. The summed E-state index contributed by atoms with van der Waals surface area (Å²) in [5.74, 6) is 1.09. The van der Waals surface area contributed by atoms with Crippen molar-refractivity contribution in [2.75, 3.05) is 31.1 Å². The molecule has 0 amide bonds. The summed E-state index contributed by atoms with van der Waals surface area (Å²) in [4.78, 5) is 6.94. The molecule has 4 heteroatoms. The maximum Gasteiger partial charge on any atom is 0.131 e. The zero-order chi connectivity index (χ0) is 13.0. The molecule has 0 aliphatic carbocycles. The lowest BCUT2D eigenvalue weighted by Gasteiger charge is -2.34. The van der Waals surface area contributed by atoms with Crippen LogP contribution in [0.25, 0.3) is 0 Å². The van der Waals surface area contributed by atoms with Gasteiger partial charge in [-0.1, -0.05) is 13.0 Å². The van der Waals surface area contributed by atoms with Gasteiger partial charge in [0, 0.05) is 19.3 Å².